The summed E-state index contributed by atoms with van der Waals surface area (Å²) in [4.78, 5) is 0. The van der Waals surface area contributed by atoms with Gasteiger partial charge in [0.2, 0.25) is 0 Å². The zero-order valence-electron chi connectivity index (χ0n) is 10.0. The molecule has 0 spiro atoms. The highest BCUT2D eigenvalue weighted by molar-refractivity contribution is 4.96. The van der Waals surface area contributed by atoms with Gasteiger partial charge in [0, 0.05) is 6.61 Å². The molecule has 0 N–H and O–H groups in total. The van der Waals surface area contributed by atoms with E-state index in [4.69, 9.17) is 14.4 Å². The molecule has 0 aliphatic rings. The fourth-order valence-corrected chi connectivity index (χ4v) is 1.39. The number of unbranched alkanes of at least 4 members (excludes halogenated alkanes) is 1. The molecule has 0 fully saturated rings. The number of hydrogen-bond acceptors (Lipinski definition) is 3. The van der Waals surface area contributed by atoms with Crippen molar-refractivity contribution < 1.29 is 9.15 Å². The first-order valence-electron chi connectivity index (χ1n) is 5.65. The molecule has 0 aliphatic heterocycles. The molecule has 0 unspecified atom stereocenters. The van der Waals surface area contributed by atoms with E-state index in [0.29, 0.717) is 6.61 Å². The monoisotopic (exact) mass is 221 g/mol. The van der Waals surface area contributed by atoms with Crippen LogP contribution in [0.1, 0.15) is 38.9 Å². The van der Waals surface area contributed by atoms with E-state index < -0.39 is 0 Å². The summed E-state index contributed by atoms with van der Waals surface area (Å²) in [5.41, 5.74) is -0.207. The van der Waals surface area contributed by atoms with Gasteiger partial charge < -0.3 is 9.15 Å². The molecule has 0 atom stereocenters. The third-order valence-corrected chi connectivity index (χ3v) is 2.47. The maximum absolute atomic E-state index is 8.83. The molecule has 0 aliphatic carbocycles. The average molecular weight is 221 g/mol. The standard InChI is InChI=1S/C13H19NO2/c1-13(2,11-14)7-3-4-8-15-10-12-6-5-9-16-12/h5-6,9H,3-4,7-8,10H2,1-2H3. The summed E-state index contributed by atoms with van der Waals surface area (Å²) in [7, 11) is 0. The van der Waals surface area contributed by atoms with Gasteiger partial charge in [0.15, 0.2) is 0 Å². The van der Waals surface area contributed by atoms with Gasteiger partial charge in [-0.25, -0.2) is 0 Å². The second-order valence-electron chi connectivity index (χ2n) is 4.58. The Labute approximate surface area is 97.0 Å². The Bertz CT molecular complexity index is 322. The van der Waals surface area contributed by atoms with Gasteiger partial charge in [-0.3, -0.25) is 0 Å². The van der Waals surface area contributed by atoms with E-state index in [-0.39, 0.29) is 5.41 Å². The topological polar surface area (TPSA) is 46.2 Å². The van der Waals surface area contributed by atoms with Gasteiger partial charge in [0.1, 0.15) is 12.4 Å². The molecule has 88 valence electrons. The summed E-state index contributed by atoms with van der Waals surface area (Å²) in [6.45, 7) is 5.20. The first-order valence-corrected chi connectivity index (χ1v) is 5.65. The predicted octanol–water partition coefficient (Wildman–Crippen LogP) is 3.52. The van der Waals surface area contributed by atoms with Crippen molar-refractivity contribution in [2.24, 2.45) is 5.41 Å². The fraction of sp³-hybridized carbons (Fsp3) is 0.615. The molecule has 1 aromatic rings. The van der Waals surface area contributed by atoms with Crippen molar-refractivity contribution in [3.63, 3.8) is 0 Å². The Balaban J connectivity index is 1.99. The highest BCUT2D eigenvalue weighted by Gasteiger charge is 2.15. The largest absolute Gasteiger partial charge is 0.467 e. The van der Waals surface area contributed by atoms with E-state index in [1.807, 2.05) is 26.0 Å². The lowest BCUT2D eigenvalue weighted by Gasteiger charge is -2.14. The molecule has 16 heavy (non-hydrogen) atoms. The van der Waals surface area contributed by atoms with Gasteiger partial charge in [0.25, 0.3) is 0 Å². The van der Waals surface area contributed by atoms with Crippen LogP contribution in [0.3, 0.4) is 0 Å². The maximum Gasteiger partial charge on any atom is 0.129 e. The van der Waals surface area contributed by atoms with E-state index >= 15 is 0 Å². The maximum atomic E-state index is 8.83. The van der Waals surface area contributed by atoms with Gasteiger partial charge in [-0.2, -0.15) is 5.26 Å². The van der Waals surface area contributed by atoms with Crippen LogP contribution in [0.25, 0.3) is 0 Å². The Kier molecular flexibility index (Phi) is 5.07. The van der Waals surface area contributed by atoms with Crippen LogP contribution >= 0.6 is 0 Å². The Morgan fingerprint density at radius 1 is 1.44 bits per heavy atom. The van der Waals surface area contributed by atoms with Gasteiger partial charge in [0.05, 0.1) is 17.7 Å². The molecule has 1 heterocycles. The first kappa shape index (κ1) is 12.8. The minimum Gasteiger partial charge on any atom is -0.467 e. The van der Waals surface area contributed by atoms with Crippen LogP contribution in [-0.4, -0.2) is 6.61 Å². The van der Waals surface area contributed by atoms with Crippen LogP contribution in [0.15, 0.2) is 22.8 Å². The summed E-state index contributed by atoms with van der Waals surface area (Å²) in [6, 6.07) is 6.06. The predicted molar refractivity (Wildman–Crippen MR) is 61.6 cm³/mol. The minimum atomic E-state index is -0.207. The molecule has 1 aromatic heterocycles. The van der Waals surface area contributed by atoms with Crippen LogP contribution in [0.5, 0.6) is 0 Å². The number of furan rings is 1. The SMILES string of the molecule is CC(C)(C#N)CCCCOCc1ccco1. The lowest BCUT2D eigenvalue weighted by atomic mass is 9.89. The molecule has 0 bridgehead atoms. The zero-order chi connectivity index (χ0) is 11.9. The second-order valence-corrected chi connectivity index (χ2v) is 4.58. The van der Waals surface area contributed by atoms with Gasteiger partial charge in [-0.1, -0.05) is 0 Å². The van der Waals surface area contributed by atoms with Crippen LogP contribution in [0.4, 0.5) is 0 Å². The van der Waals surface area contributed by atoms with Crippen molar-refractivity contribution in [1.82, 2.24) is 0 Å². The molecule has 0 saturated heterocycles. The lowest BCUT2D eigenvalue weighted by molar-refractivity contribution is 0.101. The van der Waals surface area contributed by atoms with Crippen LogP contribution in [0, 0.1) is 16.7 Å². The third kappa shape index (κ3) is 4.99. The van der Waals surface area contributed by atoms with E-state index in [0.717, 1.165) is 31.6 Å². The number of nitriles is 1. The van der Waals surface area contributed by atoms with E-state index in [1.165, 1.54) is 0 Å². The number of ether oxygens (including phenoxy) is 1. The fourth-order valence-electron chi connectivity index (χ4n) is 1.39. The van der Waals surface area contributed by atoms with Crippen LogP contribution < -0.4 is 0 Å². The van der Waals surface area contributed by atoms with E-state index in [9.17, 15) is 0 Å². The molecular weight excluding hydrogens is 202 g/mol. The van der Waals surface area contributed by atoms with Crippen molar-refractivity contribution in [2.45, 2.75) is 39.7 Å². The summed E-state index contributed by atoms with van der Waals surface area (Å²) in [6.07, 6.45) is 4.59. The average Bonchev–Trinajstić information content (AvgIpc) is 2.76. The molecule has 3 heteroatoms. The number of nitrogens with zero attached hydrogens (tertiary/aromatic N) is 1. The van der Waals surface area contributed by atoms with Crippen LogP contribution in [-0.2, 0) is 11.3 Å². The van der Waals surface area contributed by atoms with E-state index in [2.05, 4.69) is 6.07 Å². The minimum absolute atomic E-state index is 0.207. The van der Waals surface area contributed by atoms with Crippen molar-refractivity contribution in [3.8, 4) is 6.07 Å². The quantitative estimate of drug-likeness (QED) is 0.662. The van der Waals surface area contributed by atoms with Crippen LogP contribution in [0.2, 0.25) is 0 Å². The lowest BCUT2D eigenvalue weighted by Crippen LogP contribution is -2.07. The van der Waals surface area contributed by atoms with Gasteiger partial charge in [-0.05, 0) is 45.2 Å². The zero-order valence-corrected chi connectivity index (χ0v) is 10.0. The van der Waals surface area contributed by atoms with Crippen molar-refractivity contribution >= 4 is 0 Å². The highest BCUT2D eigenvalue weighted by Crippen LogP contribution is 2.21. The van der Waals surface area contributed by atoms with Crippen molar-refractivity contribution in [3.05, 3.63) is 24.2 Å². The molecule has 0 aromatic carbocycles. The summed E-state index contributed by atoms with van der Waals surface area (Å²) >= 11 is 0. The summed E-state index contributed by atoms with van der Waals surface area (Å²) in [5, 5.41) is 8.83. The molecular formula is C13H19NO2. The third-order valence-electron chi connectivity index (χ3n) is 2.47. The normalized spacial score (nSPS) is 11.3. The summed E-state index contributed by atoms with van der Waals surface area (Å²) in [5.74, 6) is 0.859. The highest BCUT2D eigenvalue weighted by atomic mass is 16.5. The molecule has 1 rings (SSSR count). The number of rotatable bonds is 7. The first-order chi connectivity index (χ1) is 7.64. The molecule has 0 radical (unpaired) electrons. The van der Waals surface area contributed by atoms with Crippen molar-refractivity contribution in [2.75, 3.05) is 6.61 Å². The molecule has 0 saturated carbocycles. The smallest absolute Gasteiger partial charge is 0.129 e. The van der Waals surface area contributed by atoms with Gasteiger partial charge in [-0.15, -0.1) is 0 Å². The Morgan fingerprint density at radius 2 is 2.25 bits per heavy atom. The number of hydrogen-bond donors (Lipinski definition) is 0. The van der Waals surface area contributed by atoms with Crippen molar-refractivity contribution in [1.29, 1.82) is 5.26 Å². The Morgan fingerprint density at radius 3 is 2.88 bits per heavy atom. The Hall–Kier alpha value is -1.27. The molecule has 3 nitrogen and oxygen atoms in total. The summed E-state index contributed by atoms with van der Waals surface area (Å²) < 4.78 is 10.6. The van der Waals surface area contributed by atoms with E-state index in [1.54, 1.807) is 6.26 Å². The molecule has 0 amide bonds. The van der Waals surface area contributed by atoms with Gasteiger partial charge >= 0.3 is 0 Å². The second kappa shape index (κ2) is 6.34.